The standard InChI is InChI=1S/C8H10O4.C4H10/c9-7(10)5-3-1-2-4-6(5)8(11)12;1-3-4-2/h1-2,5-6H,3-4H2,(H,9,10)(H,11,12);3-4H2,1-2H3. The van der Waals surface area contributed by atoms with Gasteiger partial charge in [0.05, 0.1) is 11.8 Å². The molecule has 0 fully saturated rings. The first kappa shape index (κ1) is 14.7. The van der Waals surface area contributed by atoms with Crippen LogP contribution in [0.5, 0.6) is 0 Å². The van der Waals surface area contributed by atoms with Gasteiger partial charge in [0.2, 0.25) is 0 Å². The molecule has 4 heteroatoms. The lowest BCUT2D eigenvalue weighted by atomic mass is 9.83. The summed E-state index contributed by atoms with van der Waals surface area (Å²) in [5, 5.41) is 17.3. The second-order valence-electron chi connectivity index (χ2n) is 3.83. The van der Waals surface area contributed by atoms with Crippen LogP contribution < -0.4 is 0 Å². The highest BCUT2D eigenvalue weighted by Gasteiger charge is 2.33. The highest BCUT2D eigenvalue weighted by atomic mass is 16.4. The zero-order valence-electron chi connectivity index (χ0n) is 9.85. The van der Waals surface area contributed by atoms with Crippen molar-refractivity contribution in [1.29, 1.82) is 0 Å². The summed E-state index contributed by atoms with van der Waals surface area (Å²) in [6, 6.07) is 0. The Morgan fingerprint density at radius 1 is 1.00 bits per heavy atom. The number of allylic oxidation sites excluding steroid dienone is 2. The van der Waals surface area contributed by atoms with Crippen LogP contribution in [0.2, 0.25) is 0 Å². The molecule has 0 saturated carbocycles. The molecule has 1 rings (SSSR count). The van der Waals surface area contributed by atoms with Gasteiger partial charge in [0, 0.05) is 0 Å². The zero-order chi connectivity index (χ0) is 12.6. The van der Waals surface area contributed by atoms with Crippen LogP contribution in [0.25, 0.3) is 0 Å². The van der Waals surface area contributed by atoms with E-state index >= 15 is 0 Å². The van der Waals surface area contributed by atoms with Gasteiger partial charge in [-0.3, -0.25) is 9.59 Å². The van der Waals surface area contributed by atoms with Crippen LogP contribution >= 0.6 is 0 Å². The van der Waals surface area contributed by atoms with Gasteiger partial charge in [-0.2, -0.15) is 0 Å². The van der Waals surface area contributed by atoms with E-state index in [1.165, 1.54) is 12.8 Å². The van der Waals surface area contributed by atoms with Gasteiger partial charge in [0.25, 0.3) is 0 Å². The summed E-state index contributed by atoms with van der Waals surface area (Å²) < 4.78 is 0. The Morgan fingerprint density at radius 3 is 1.50 bits per heavy atom. The highest BCUT2D eigenvalue weighted by molar-refractivity contribution is 5.80. The molecule has 0 heterocycles. The first-order valence-corrected chi connectivity index (χ1v) is 5.65. The molecule has 0 aromatic carbocycles. The van der Waals surface area contributed by atoms with Crippen molar-refractivity contribution in [3.63, 3.8) is 0 Å². The van der Waals surface area contributed by atoms with Crippen molar-refractivity contribution in [1.82, 2.24) is 0 Å². The van der Waals surface area contributed by atoms with Crippen LogP contribution in [0.1, 0.15) is 39.5 Å². The number of unbranched alkanes of at least 4 members (excludes halogenated alkanes) is 1. The smallest absolute Gasteiger partial charge is 0.307 e. The largest absolute Gasteiger partial charge is 0.481 e. The Bertz CT molecular complexity index is 232. The molecule has 0 aromatic heterocycles. The molecule has 0 bridgehead atoms. The summed E-state index contributed by atoms with van der Waals surface area (Å²) in [6.07, 6.45) is 6.73. The molecule has 4 nitrogen and oxygen atoms in total. The second-order valence-corrected chi connectivity index (χ2v) is 3.83. The SMILES string of the molecule is CCCC.O=C(O)C1CC=CCC1C(=O)O. The molecule has 0 radical (unpaired) electrons. The first-order valence-electron chi connectivity index (χ1n) is 5.65. The molecular weight excluding hydrogens is 208 g/mol. The summed E-state index contributed by atoms with van der Waals surface area (Å²) in [4.78, 5) is 21.1. The minimum absolute atomic E-state index is 0.326. The van der Waals surface area contributed by atoms with E-state index < -0.39 is 23.8 Å². The van der Waals surface area contributed by atoms with Gasteiger partial charge in [0.1, 0.15) is 0 Å². The molecule has 2 unspecified atom stereocenters. The van der Waals surface area contributed by atoms with Crippen molar-refractivity contribution in [3.05, 3.63) is 12.2 Å². The van der Waals surface area contributed by atoms with E-state index in [-0.39, 0.29) is 0 Å². The van der Waals surface area contributed by atoms with Crippen molar-refractivity contribution in [3.8, 4) is 0 Å². The fourth-order valence-corrected chi connectivity index (χ4v) is 1.36. The average molecular weight is 228 g/mol. The van der Waals surface area contributed by atoms with E-state index in [1.807, 2.05) is 0 Å². The van der Waals surface area contributed by atoms with Gasteiger partial charge in [-0.25, -0.2) is 0 Å². The third-order valence-electron chi connectivity index (χ3n) is 2.57. The predicted molar refractivity (Wildman–Crippen MR) is 61.2 cm³/mol. The zero-order valence-corrected chi connectivity index (χ0v) is 9.85. The van der Waals surface area contributed by atoms with Gasteiger partial charge in [-0.1, -0.05) is 38.8 Å². The molecule has 1 aliphatic carbocycles. The maximum Gasteiger partial charge on any atom is 0.307 e. The lowest BCUT2D eigenvalue weighted by molar-refractivity contribution is -0.153. The highest BCUT2D eigenvalue weighted by Crippen LogP contribution is 2.25. The van der Waals surface area contributed by atoms with Crippen molar-refractivity contribution < 1.29 is 19.8 Å². The number of carboxylic acids is 2. The molecule has 2 N–H and O–H groups in total. The van der Waals surface area contributed by atoms with Gasteiger partial charge in [-0.05, 0) is 12.8 Å². The predicted octanol–water partition coefficient (Wildman–Crippen LogP) is 2.54. The maximum atomic E-state index is 10.6. The lowest BCUT2D eigenvalue weighted by Gasteiger charge is -2.20. The van der Waals surface area contributed by atoms with Gasteiger partial charge < -0.3 is 10.2 Å². The minimum Gasteiger partial charge on any atom is -0.481 e. The van der Waals surface area contributed by atoms with E-state index in [0.29, 0.717) is 12.8 Å². The van der Waals surface area contributed by atoms with E-state index in [1.54, 1.807) is 12.2 Å². The summed E-state index contributed by atoms with van der Waals surface area (Å²) in [5.41, 5.74) is 0. The first-order chi connectivity index (χ1) is 7.54. The molecule has 0 saturated heterocycles. The molecular formula is C12H20O4. The normalized spacial score (nSPS) is 23.1. The van der Waals surface area contributed by atoms with Crippen molar-refractivity contribution in [2.75, 3.05) is 0 Å². The van der Waals surface area contributed by atoms with E-state index in [2.05, 4.69) is 13.8 Å². The second kappa shape index (κ2) is 7.91. The van der Waals surface area contributed by atoms with Crippen LogP contribution in [0.15, 0.2) is 12.2 Å². The average Bonchev–Trinajstić information content (AvgIpc) is 2.29. The fraction of sp³-hybridized carbons (Fsp3) is 0.667. The number of aliphatic carboxylic acids is 2. The van der Waals surface area contributed by atoms with Crippen LogP contribution in [-0.2, 0) is 9.59 Å². The molecule has 0 aliphatic heterocycles. The molecule has 16 heavy (non-hydrogen) atoms. The van der Waals surface area contributed by atoms with E-state index in [0.717, 1.165) is 0 Å². The van der Waals surface area contributed by atoms with Crippen LogP contribution in [0, 0.1) is 11.8 Å². The number of hydrogen-bond acceptors (Lipinski definition) is 2. The number of carboxylic acid groups (broad SMARTS) is 2. The molecule has 92 valence electrons. The van der Waals surface area contributed by atoms with Crippen molar-refractivity contribution in [2.24, 2.45) is 11.8 Å². The lowest BCUT2D eigenvalue weighted by Crippen LogP contribution is -2.30. The van der Waals surface area contributed by atoms with Gasteiger partial charge in [-0.15, -0.1) is 0 Å². The Kier molecular flexibility index (Phi) is 7.25. The quantitative estimate of drug-likeness (QED) is 0.728. The number of hydrogen-bond donors (Lipinski definition) is 2. The minimum atomic E-state index is -1.02. The molecule has 0 spiro atoms. The van der Waals surface area contributed by atoms with E-state index in [9.17, 15) is 9.59 Å². The topological polar surface area (TPSA) is 74.6 Å². The van der Waals surface area contributed by atoms with Gasteiger partial charge >= 0.3 is 11.9 Å². The molecule has 0 aromatic rings. The maximum absolute atomic E-state index is 10.6. The summed E-state index contributed by atoms with van der Waals surface area (Å²) in [6.45, 7) is 4.36. The fourth-order valence-electron chi connectivity index (χ4n) is 1.36. The Morgan fingerprint density at radius 2 is 1.31 bits per heavy atom. The van der Waals surface area contributed by atoms with Crippen LogP contribution in [0.3, 0.4) is 0 Å². The molecule has 1 aliphatic rings. The van der Waals surface area contributed by atoms with Crippen LogP contribution in [-0.4, -0.2) is 22.2 Å². The summed E-state index contributed by atoms with van der Waals surface area (Å²) >= 11 is 0. The van der Waals surface area contributed by atoms with Crippen molar-refractivity contribution >= 4 is 11.9 Å². The summed E-state index contributed by atoms with van der Waals surface area (Å²) in [7, 11) is 0. The van der Waals surface area contributed by atoms with Crippen molar-refractivity contribution in [2.45, 2.75) is 39.5 Å². The Balaban J connectivity index is 0.000000487. The third-order valence-corrected chi connectivity index (χ3v) is 2.57. The number of carbonyl (C=O) groups is 2. The third kappa shape index (κ3) is 4.96. The molecule has 2 atom stereocenters. The number of rotatable bonds is 3. The Hall–Kier alpha value is -1.32. The summed E-state index contributed by atoms with van der Waals surface area (Å²) in [5.74, 6) is -3.56. The monoisotopic (exact) mass is 228 g/mol. The Labute approximate surface area is 96.0 Å². The van der Waals surface area contributed by atoms with E-state index in [4.69, 9.17) is 10.2 Å². The van der Waals surface area contributed by atoms with Crippen LogP contribution in [0.4, 0.5) is 0 Å². The molecule has 0 amide bonds. The van der Waals surface area contributed by atoms with Gasteiger partial charge in [0.15, 0.2) is 0 Å².